The van der Waals surface area contributed by atoms with Crippen LogP contribution in [-0.4, -0.2) is 45.8 Å². The Hall–Kier alpha value is -3.29. The topological polar surface area (TPSA) is 92.7 Å². The molecule has 8 nitrogen and oxygen atoms in total. The number of esters is 1. The molecule has 2 heterocycles. The zero-order valence-electron chi connectivity index (χ0n) is 19.4. The van der Waals surface area contributed by atoms with Crippen LogP contribution >= 0.6 is 0 Å². The Morgan fingerprint density at radius 1 is 1.03 bits per heavy atom. The maximum absolute atomic E-state index is 13.3. The van der Waals surface area contributed by atoms with Crippen LogP contribution in [0.5, 0.6) is 34.5 Å². The molecule has 3 aliphatic rings. The average molecular weight is 456 g/mol. The van der Waals surface area contributed by atoms with Crippen molar-refractivity contribution < 1.29 is 38.3 Å². The summed E-state index contributed by atoms with van der Waals surface area (Å²) in [7, 11) is 4.70. The molecule has 2 aliphatic heterocycles. The van der Waals surface area contributed by atoms with Crippen molar-refractivity contribution in [1.29, 1.82) is 0 Å². The summed E-state index contributed by atoms with van der Waals surface area (Å²) in [5.41, 5.74) is 1.74. The lowest BCUT2D eigenvalue weighted by Crippen LogP contribution is -2.38. The third kappa shape index (κ3) is 2.92. The van der Waals surface area contributed by atoms with Crippen LogP contribution in [0.25, 0.3) is 0 Å². The number of carbonyl (C=O) groups is 1. The van der Waals surface area contributed by atoms with E-state index in [1.54, 1.807) is 21.3 Å². The van der Waals surface area contributed by atoms with E-state index in [9.17, 15) is 9.90 Å². The minimum absolute atomic E-state index is 0.0687. The van der Waals surface area contributed by atoms with E-state index in [0.29, 0.717) is 35.2 Å². The number of carbonyl (C=O) groups excluding carboxylic acids is 1. The number of cyclic esters (lactones) is 1. The summed E-state index contributed by atoms with van der Waals surface area (Å²) in [6.45, 7) is 4.38. The molecule has 0 amide bonds. The van der Waals surface area contributed by atoms with Gasteiger partial charge in [-0.3, -0.25) is 4.79 Å². The highest BCUT2D eigenvalue weighted by Gasteiger charge is 2.58. The Morgan fingerprint density at radius 2 is 1.73 bits per heavy atom. The molecule has 2 aromatic carbocycles. The van der Waals surface area contributed by atoms with Crippen LogP contribution in [-0.2, 0) is 16.0 Å². The fourth-order valence-corrected chi connectivity index (χ4v) is 5.89. The number of hydrogen-bond donors (Lipinski definition) is 1. The first-order valence-electron chi connectivity index (χ1n) is 11.0. The number of rotatable bonds is 4. The van der Waals surface area contributed by atoms with E-state index < -0.39 is 5.41 Å². The van der Waals surface area contributed by atoms with Gasteiger partial charge in [0.05, 0.1) is 33.4 Å². The van der Waals surface area contributed by atoms with E-state index in [0.717, 1.165) is 16.7 Å². The Morgan fingerprint density at radius 3 is 2.36 bits per heavy atom. The maximum Gasteiger partial charge on any atom is 0.312 e. The summed E-state index contributed by atoms with van der Waals surface area (Å²) in [4.78, 5) is 13.3. The van der Waals surface area contributed by atoms with E-state index in [1.807, 2.05) is 25.1 Å². The molecule has 4 atom stereocenters. The molecule has 1 N–H and O–H groups in total. The first-order chi connectivity index (χ1) is 15.8. The first-order valence-corrected chi connectivity index (χ1v) is 11.0. The lowest BCUT2D eigenvalue weighted by molar-refractivity contribution is -0.147. The molecule has 2 aromatic rings. The smallest absolute Gasteiger partial charge is 0.312 e. The number of benzene rings is 2. The highest BCUT2D eigenvalue weighted by atomic mass is 16.7. The van der Waals surface area contributed by atoms with Crippen LogP contribution in [0, 0.1) is 11.3 Å². The van der Waals surface area contributed by atoms with Crippen molar-refractivity contribution in [3.05, 3.63) is 34.9 Å². The monoisotopic (exact) mass is 456 g/mol. The van der Waals surface area contributed by atoms with E-state index in [2.05, 4.69) is 6.92 Å². The summed E-state index contributed by atoms with van der Waals surface area (Å²) in [6, 6.07) is 5.73. The molecule has 1 aliphatic carbocycles. The predicted molar refractivity (Wildman–Crippen MR) is 118 cm³/mol. The van der Waals surface area contributed by atoms with Crippen molar-refractivity contribution in [1.82, 2.24) is 0 Å². The van der Waals surface area contributed by atoms with Gasteiger partial charge in [0.15, 0.2) is 23.0 Å². The van der Waals surface area contributed by atoms with Gasteiger partial charge in [0.1, 0.15) is 0 Å². The second-order valence-corrected chi connectivity index (χ2v) is 9.03. The number of phenols is 1. The molecule has 0 aromatic heterocycles. The Labute approximate surface area is 192 Å². The summed E-state index contributed by atoms with van der Waals surface area (Å²) < 4.78 is 33.4. The highest BCUT2D eigenvalue weighted by Crippen LogP contribution is 2.60. The molecule has 0 bridgehead atoms. The molecular formula is C25H28O8. The molecule has 5 rings (SSSR count). The van der Waals surface area contributed by atoms with Gasteiger partial charge in [0.25, 0.3) is 0 Å². The Balaban J connectivity index is 1.75. The zero-order valence-corrected chi connectivity index (χ0v) is 19.4. The molecule has 0 spiro atoms. The van der Waals surface area contributed by atoms with Crippen LogP contribution in [0.1, 0.15) is 42.4 Å². The number of aromatic hydroxyl groups is 1. The molecule has 1 saturated heterocycles. The Bertz CT molecular complexity index is 1100. The van der Waals surface area contributed by atoms with Gasteiger partial charge < -0.3 is 33.5 Å². The summed E-state index contributed by atoms with van der Waals surface area (Å²) in [6.07, 6.45) is 0.491. The van der Waals surface area contributed by atoms with Gasteiger partial charge in [-0.25, -0.2) is 0 Å². The molecule has 1 fully saturated rings. The van der Waals surface area contributed by atoms with Gasteiger partial charge in [0.2, 0.25) is 18.3 Å². The lowest BCUT2D eigenvalue weighted by Gasteiger charge is -2.37. The minimum atomic E-state index is -0.832. The standard InChI is InChI=1S/C25H28O8/c1-12-15-9-19-23(33-11-32-19)21(26)16(15)8-14-10-31-24(27)25(14,2)20(12)13-6-17(28-3)22(30-5)18(7-13)29-4/h6-7,9,12,14,20,26H,8,10-11H2,1-5H3/t12?,14-,20-,25-/m0/s1. The van der Waals surface area contributed by atoms with Crippen LogP contribution in [0.3, 0.4) is 0 Å². The van der Waals surface area contributed by atoms with E-state index >= 15 is 0 Å². The third-order valence-corrected chi connectivity index (χ3v) is 7.61. The van der Waals surface area contributed by atoms with E-state index in [1.165, 1.54) is 0 Å². The highest BCUT2D eigenvalue weighted by molar-refractivity contribution is 5.81. The van der Waals surface area contributed by atoms with Gasteiger partial charge in [-0.05, 0) is 48.6 Å². The van der Waals surface area contributed by atoms with Crippen LogP contribution in [0.4, 0.5) is 0 Å². The molecule has 0 radical (unpaired) electrons. The van der Waals surface area contributed by atoms with Crippen molar-refractivity contribution in [2.45, 2.75) is 32.1 Å². The van der Waals surface area contributed by atoms with Crippen molar-refractivity contribution >= 4 is 5.97 Å². The fraction of sp³-hybridized carbons (Fsp3) is 0.480. The fourth-order valence-electron chi connectivity index (χ4n) is 5.89. The van der Waals surface area contributed by atoms with Crippen LogP contribution in [0.15, 0.2) is 18.2 Å². The molecule has 1 unspecified atom stereocenters. The molecule has 33 heavy (non-hydrogen) atoms. The molecular weight excluding hydrogens is 428 g/mol. The van der Waals surface area contributed by atoms with Crippen LogP contribution in [0.2, 0.25) is 0 Å². The second kappa shape index (κ2) is 7.64. The second-order valence-electron chi connectivity index (χ2n) is 9.03. The summed E-state index contributed by atoms with van der Waals surface area (Å²) >= 11 is 0. The van der Waals surface area contributed by atoms with Crippen molar-refractivity contribution in [3.8, 4) is 34.5 Å². The van der Waals surface area contributed by atoms with Crippen molar-refractivity contribution in [2.75, 3.05) is 34.7 Å². The molecule has 0 saturated carbocycles. The van der Waals surface area contributed by atoms with E-state index in [4.69, 9.17) is 28.4 Å². The number of fused-ring (bicyclic) bond motifs is 3. The van der Waals surface area contributed by atoms with E-state index in [-0.39, 0.29) is 42.9 Å². The number of methoxy groups -OCH3 is 3. The van der Waals surface area contributed by atoms with Crippen molar-refractivity contribution in [2.24, 2.45) is 11.3 Å². The molecule has 8 heteroatoms. The van der Waals surface area contributed by atoms with Gasteiger partial charge >= 0.3 is 5.97 Å². The quantitative estimate of drug-likeness (QED) is 0.695. The summed E-state index contributed by atoms with van der Waals surface area (Å²) in [5.74, 6) is 1.65. The van der Waals surface area contributed by atoms with Gasteiger partial charge in [0, 0.05) is 17.4 Å². The number of ether oxygens (including phenoxy) is 6. The van der Waals surface area contributed by atoms with Gasteiger partial charge in [-0.1, -0.05) is 6.92 Å². The van der Waals surface area contributed by atoms with Gasteiger partial charge in [-0.15, -0.1) is 0 Å². The maximum atomic E-state index is 13.3. The molecule has 176 valence electrons. The number of hydrogen-bond acceptors (Lipinski definition) is 8. The summed E-state index contributed by atoms with van der Waals surface area (Å²) in [5, 5.41) is 11.1. The largest absolute Gasteiger partial charge is 0.504 e. The van der Waals surface area contributed by atoms with Crippen molar-refractivity contribution in [3.63, 3.8) is 0 Å². The zero-order chi connectivity index (χ0) is 23.5. The third-order valence-electron chi connectivity index (χ3n) is 7.61. The number of phenolic OH excluding ortho intramolecular Hbond substituents is 1. The normalized spacial score (nSPS) is 27.3. The lowest BCUT2D eigenvalue weighted by atomic mass is 9.62. The van der Waals surface area contributed by atoms with Crippen LogP contribution < -0.4 is 23.7 Å². The minimum Gasteiger partial charge on any atom is -0.504 e. The SMILES string of the molecule is COc1cc([C@@H]2C(C)c3cc4c(c(O)c3C[C@H]3COC(=O)[C@@]32C)OCO4)cc(OC)c1OC. The van der Waals surface area contributed by atoms with Gasteiger partial charge in [-0.2, -0.15) is 0 Å². The first kappa shape index (κ1) is 21.6. The predicted octanol–water partition coefficient (Wildman–Crippen LogP) is 3.77. The Kier molecular flexibility index (Phi) is 4.99. The average Bonchev–Trinajstić information content (AvgIpc) is 3.38.